The Balaban J connectivity index is 1.39. The SMILES string of the molecule is CC1(C)c2ccccc2N(c2ccccc2)c2sc(/C=C3/C(=O)c4cc5ccsc5cc4C3=O)cc21. The topological polar surface area (TPSA) is 37.4 Å². The molecule has 0 fully saturated rings. The summed E-state index contributed by atoms with van der Waals surface area (Å²) in [7, 11) is 0. The number of carbonyl (C=O) groups is 2. The summed E-state index contributed by atoms with van der Waals surface area (Å²) < 4.78 is 1.03. The number of thiophene rings is 2. The maximum absolute atomic E-state index is 13.3. The van der Waals surface area contributed by atoms with Gasteiger partial charge in [0.1, 0.15) is 5.00 Å². The first-order chi connectivity index (χ1) is 17.4. The number of Topliss-reactive ketones (excluding diaryl/α,β-unsaturated/α-hetero) is 2. The van der Waals surface area contributed by atoms with E-state index in [0.717, 1.165) is 31.3 Å². The molecule has 5 aromatic rings. The van der Waals surface area contributed by atoms with Crippen molar-refractivity contribution in [3.63, 3.8) is 0 Å². The highest BCUT2D eigenvalue weighted by atomic mass is 32.1. The molecule has 174 valence electrons. The Morgan fingerprint density at radius 2 is 1.53 bits per heavy atom. The molecule has 5 heteroatoms. The van der Waals surface area contributed by atoms with E-state index in [1.54, 1.807) is 28.7 Å². The van der Waals surface area contributed by atoms with Crippen molar-refractivity contribution < 1.29 is 9.59 Å². The van der Waals surface area contributed by atoms with Crippen LogP contribution in [0.25, 0.3) is 16.2 Å². The fourth-order valence-electron chi connectivity index (χ4n) is 5.42. The first-order valence-corrected chi connectivity index (χ1v) is 13.5. The van der Waals surface area contributed by atoms with Gasteiger partial charge in [-0.25, -0.2) is 0 Å². The molecule has 3 nitrogen and oxygen atoms in total. The van der Waals surface area contributed by atoms with Gasteiger partial charge in [-0.05, 0) is 70.4 Å². The summed E-state index contributed by atoms with van der Waals surface area (Å²) in [6.07, 6.45) is 1.80. The van der Waals surface area contributed by atoms with Crippen LogP contribution in [0.3, 0.4) is 0 Å². The Labute approximate surface area is 217 Å². The third-order valence-electron chi connectivity index (χ3n) is 7.30. The van der Waals surface area contributed by atoms with Crippen molar-refractivity contribution in [2.45, 2.75) is 19.3 Å². The zero-order valence-electron chi connectivity index (χ0n) is 19.7. The van der Waals surface area contributed by atoms with E-state index in [9.17, 15) is 9.59 Å². The quantitative estimate of drug-likeness (QED) is 0.179. The summed E-state index contributed by atoms with van der Waals surface area (Å²) in [6.45, 7) is 4.48. The van der Waals surface area contributed by atoms with E-state index in [0.29, 0.717) is 11.1 Å². The van der Waals surface area contributed by atoms with E-state index < -0.39 is 0 Å². The number of carbonyl (C=O) groups excluding carboxylic acids is 2. The molecular weight excluding hydrogens is 482 g/mol. The van der Waals surface area contributed by atoms with Crippen LogP contribution in [0, 0.1) is 0 Å². The second-order valence-electron chi connectivity index (χ2n) is 9.75. The van der Waals surface area contributed by atoms with Gasteiger partial charge in [-0.15, -0.1) is 22.7 Å². The van der Waals surface area contributed by atoms with Gasteiger partial charge >= 0.3 is 0 Å². The summed E-state index contributed by atoms with van der Waals surface area (Å²) in [4.78, 5) is 29.8. The van der Waals surface area contributed by atoms with Crippen LogP contribution in [-0.4, -0.2) is 11.6 Å². The van der Waals surface area contributed by atoms with Crippen molar-refractivity contribution in [3.8, 4) is 0 Å². The van der Waals surface area contributed by atoms with Crippen molar-refractivity contribution >= 4 is 66.8 Å². The fraction of sp³-hybridized carbons (Fsp3) is 0.0968. The predicted molar refractivity (Wildman–Crippen MR) is 150 cm³/mol. The molecule has 0 saturated heterocycles. The molecule has 3 aromatic carbocycles. The second kappa shape index (κ2) is 7.60. The molecule has 0 atom stereocenters. The average Bonchev–Trinajstić information content (AvgIpc) is 3.58. The maximum Gasteiger partial charge on any atom is 0.197 e. The molecule has 0 unspecified atom stereocenters. The molecule has 36 heavy (non-hydrogen) atoms. The highest BCUT2D eigenvalue weighted by molar-refractivity contribution is 7.17. The van der Waals surface area contributed by atoms with E-state index in [-0.39, 0.29) is 22.6 Å². The van der Waals surface area contributed by atoms with E-state index in [1.165, 1.54) is 11.1 Å². The lowest BCUT2D eigenvalue weighted by molar-refractivity contribution is 0.0990. The minimum atomic E-state index is -0.221. The zero-order chi connectivity index (χ0) is 24.6. The van der Waals surface area contributed by atoms with Gasteiger partial charge in [0.15, 0.2) is 11.6 Å². The van der Waals surface area contributed by atoms with Gasteiger partial charge in [0.25, 0.3) is 0 Å². The summed E-state index contributed by atoms with van der Waals surface area (Å²) >= 11 is 3.21. The van der Waals surface area contributed by atoms with Crippen LogP contribution in [0.4, 0.5) is 16.4 Å². The summed E-state index contributed by atoms with van der Waals surface area (Å²) in [6, 6.07) is 26.7. The van der Waals surface area contributed by atoms with Crippen LogP contribution < -0.4 is 4.90 Å². The Hall–Kier alpha value is -3.80. The molecule has 0 N–H and O–H groups in total. The summed E-state index contributed by atoms with van der Waals surface area (Å²) in [5.41, 5.74) is 5.74. The van der Waals surface area contributed by atoms with Crippen molar-refractivity contribution in [2.75, 3.05) is 4.90 Å². The lowest BCUT2D eigenvalue weighted by atomic mass is 9.75. The van der Waals surface area contributed by atoms with E-state index in [2.05, 4.69) is 61.2 Å². The standard InChI is InChI=1S/C31H21NO2S2/c1-31(2)24-10-6-7-11-26(24)32(19-8-4-3-5-9-19)30-25(31)16-20(36-30)15-23-28(33)21-14-18-12-13-35-27(18)17-22(21)29(23)34/h3-17H,1-2H3/b23-15-. The van der Waals surface area contributed by atoms with Crippen LogP contribution in [-0.2, 0) is 5.41 Å². The second-order valence-corrected chi connectivity index (χ2v) is 11.8. The Morgan fingerprint density at radius 3 is 2.33 bits per heavy atom. The molecule has 0 bridgehead atoms. The number of rotatable bonds is 2. The smallest absolute Gasteiger partial charge is 0.197 e. The van der Waals surface area contributed by atoms with Gasteiger partial charge in [0.05, 0.1) is 11.3 Å². The van der Waals surface area contributed by atoms with Gasteiger partial charge in [-0.1, -0.05) is 50.2 Å². The van der Waals surface area contributed by atoms with Gasteiger partial charge in [0.2, 0.25) is 0 Å². The maximum atomic E-state index is 13.3. The molecule has 3 heterocycles. The number of hydrogen-bond donors (Lipinski definition) is 0. The minimum absolute atomic E-state index is 0.181. The van der Waals surface area contributed by atoms with E-state index >= 15 is 0 Å². The van der Waals surface area contributed by atoms with Crippen LogP contribution in [0.15, 0.2) is 89.8 Å². The lowest BCUT2D eigenvalue weighted by Crippen LogP contribution is -2.29. The lowest BCUT2D eigenvalue weighted by Gasteiger charge is -2.39. The first kappa shape index (κ1) is 21.5. The number of ketones is 2. The average molecular weight is 504 g/mol. The molecule has 0 amide bonds. The minimum Gasteiger partial charge on any atom is -0.301 e. The van der Waals surface area contributed by atoms with E-state index in [4.69, 9.17) is 0 Å². The molecule has 2 aromatic heterocycles. The van der Waals surface area contributed by atoms with E-state index in [1.807, 2.05) is 41.8 Å². The number of benzene rings is 3. The number of anilines is 3. The third-order valence-corrected chi connectivity index (χ3v) is 9.25. The van der Waals surface area contributed by atoms with Crippen LogP contribution in [0.5, 0.6) is 0 Å². The highest BCUT2D eigenvalue weighted by Crippen LogP contribution is 2.55. The van der Waals surface area contributed by atoms with Crippen LogP contribution in [0.2, 0.25) is 0 Å². The number of para-hydroxylation sites is 2. The highest BCUT2D eigenvalue weighted by Gasteiger charge is 2.39. The monoisotopic (exact) mass is 503 g/mol. The summed E-state index contributed by atoms with van der Waals surface area (Å²) in [5, 5.41) is 4.11. The predicted octanol–water partition coefficient (Wildman–Crippen LogP) is 8.53. The van der Waals surface area contributed by atoms with Crippen molar-refractivity contribution in [1.29, 1.82) is 0 Å². The van der Waals surface area contributed by atoms with Crippen LogP contribution >= 0.6 is 22.7 Å². The van der Waals surface area contributed by atoms with Gasteiger partial charge in [0, 0.05) is 31.8 Å². The molecule has 0 saturated carbocycles. The van der Waals surface area contributed by atoms with Crippen molar-refractivity contribution in [2.24, 2.45) is 0 Å². The molecular formula is C31H21NO2S2. The molecule has 7 rings (SSSR count). The molecule has 0 spiro atoms. The number of allylic oxidation sites excluding steroid dienone is 1. The van der Waals surface area contributed by atoms with Crippen molar-refractivity contribution in [1.82, 2.24) is 0 Å². The normalized spacial score (nSPS) is 16.9. The molecule has 1 aliphatic carbocycles. The fourth-order valence-corrected chi connectivity index (χ4v) is 7.53. The zero-order valence-corrected chi connectivity index (χ0v) is 21.4. The first-order valence-electron chi connectivity index (χ1n) is 11.8. The van der Waals surface area contributed by atoms with Gasteiger partial charge in [-0.3, -0.25) is 9.59 Å². The Bertz CT molecular complexity index is 1700. The molecule has 0 radical (unpaired) electrons. The van der Waals surface area contributed by atoms with Crippen LogP contribution in [0.1, 0.15) is 50.6 Å². The Kier molecular flexibility index (Phi) is 4.53. The molecule has 1 aliphatic heterocycles. The summed E-state index contributed by atoms with van der Waals surface area (Å²) in [5.74, 6) is -0.365. The van der Waals surface area contributed by atoms with Gasteiger partial charge in [-0.2, -0.15) is 0 Å². The number of hydrogen-bond acceptors (Lipinski definition) is 5. The number of nitrogens with zero attached hydrogens (tertiary/aromatic N) is 1. The Morgan fingerprint density at radius 1 is 0.806 bits per heavy atom. The van der Waals surface area contributed by atoms with Crippen molar-refractivity contribution in [3.05, 3.63) is 117 Å². The van der Waals surface area contributed by atoms with Gasteiger partial charge < -0.3 is 4.90 Å². The number of fused-ring (bicyclic) bond motifs is 4. The third kappa shape index (κ3) is 2.96. The molecule has 2 aliphatic rings. The largest absolute Gasteiger partial charge is 0.301 e.